The van der Waals surface area contributed by atoms with E-state index in [1.54, 1.807) is 41.3 Å². The van der Waals surface area contributed by atoms with Crippen molar-refractivity contribution < 1.29 is 28.5 Å². The number of aliphatic hydroxyl groups is 2. The number of halogens is 2. The smallest absolute Gasteiger partial charge is 0.295 e. The summed E-state index contributed by atoms with van der Waals surface area (Å²) in [6.45, 7) is -0.335. The van der Waals surface area contributed by atoms with E-state index in [9.17, 15) is 10.2 Å². The summed E-state index contributed by atoms with van der Waals surface area (Å²) in [6.07, 6.45) is 0.693. The van der Waals surface area contributed by atoms with Gasteiger partial charge in [-0.3, -0.25) is 0 Å². The lowest BCUT2D eigenvalue weighted by Gasteiger charge is -2.15. The number of hydrogen-bond acceptors (Lipinski definition) is 7. The number of fused-ring (bicyclic) bond motifs is 1. The van der Waals surface area contributed by atoms with E-state index in [4.69, 9.17) is 9.47 Å². The summed E-state index contributed by atoms with van der Waals surface area (Å²) < 4.78 is 42.9. The molecule has 11 heteroatoms. The Morgan fingerprint density at radius 3 is 2.41 bits per heavy atom. The molecule has 3 N–H and O–H groups in total. The Morgan fingerprint density at radius 2 is 1.76 bits per heavy atom. The average Bonchev–Trinajstić information content (AvgIpc) is 3.66. The second kappa shape index (κ2) is 9.36. The van der Waals surface area contributed by atoms with Crippen LogP contribution in [0.25, 0.3) is 39.0 Å². The third-order valence-electron chi connectivity index (χ3n) is 6.39. The summed E-state index contributed by atoms with van der Waals surface area (Å²) in [5, 5.41) is 27.1. The molecule has 188 valence electrons. The lowest BCUT2D eigenvalue weighted by Crippen LogP contribution is -2.36. The highest BCUT2D eigenvalue weighted by molar-refractivity contribution is 5.84. The van der Waals surface area contributed by atoms with Crippen molar-refractivity contribution in [1.82, 2.24) is 25.0 Å². The highest BCUT2D eigenvalue weighted by Crippen LogP contribution is 2.34. The van der Waals surface area contributed by atoms with E-state index >= 15 is 8.78 Å². The van der Waals surface area contributed by atoms with E-state index in [1.165, 1.54) is 0 Å². The Balaban J connectivity index is 1.26. The Labute approximate surface area is 208 Å². The van der Waals surface area contributed by atoms with Crippen LogP contribution >= 0.6 is 0 Å². The maximum absolute atomic E-state index is 15.4. The van der Waals surface area contributed by atoms with Gasteiger partial charge in [0.15, 0.2) is 11.9 Å². The minimum atomic E-state index is -1.08. The van der Waals surface area contributed by atoms with E-state index in [1.807, 2.05) is 24.3 Å². The zero-order valence-corrected chi connectivity index (χ0v) is 19.3. The van der Waals surface area contributed by atoms with E-state index in [2.05, 4.69) is 20.3 Å². The molecule has 0 radical (unpaired) electrons. The normalized spacial score (nSPS) is 19.5. The number of imidazole rings is 1. The predicted molar refractivity (Wildman–Crippen MR) is 129 cm³/mol. The van der Waals surface area contributed by atoms with Crippen molar-refractivity contribution in [1.29, 1.82) is 0 Å². The minimum Gasteiger partial charge on any atom is -0.456 e. The van der Waals surface area contributed by atoms with Crippen molar-refractivity contribution in [3.63, 3.8) is 0 Å². The third kappa shape index (κ3) is 4.22. The van der Waals surface area contributed by atoms with E-state index in [-0.39, 0.29) is 35.8 Å². The van der Waals surface area contributed by atoms with Crippen LogP contribution in [0.2, 0.25) is 0 Å². The highest BCUT2D eigenvalue weighted by Gasteiger charge is 2.37. The molecule has 0 saturated carbocycles. The number of aromatic nitrogens is 5. The van der Waals surface area contributed by atoms with Gasteiger partial charge >= 0.3 is 0 Å². The molecule has 2 aromatic heterocycles. The van der Waals surface area contributed by atoms with Crippen LogP contribution < -0.4 is 4.74 Å². The summed E-state index contributed by atoms with van der Waals surface area (Å²) in [6, 6.07) is 15.6. The van der Waals surface area contributed by atoms with Crippen molar-refractivity contribution in [2.75, 3.05) is 13.2 Å². The third-order valence-corrected chi connectivity index (χ3v) is 6.39. The summed E-state index contributed by atoms with van der Waals surface area (Å²) in [5.41, 5.74) is 2.85. The molecule has 1 aliphatic rings. The molecule has 0 spiro atoms. The van der Waals surface area contributed by atoms with Crippen LogP contribution in [0.1, 0.15) is 0 Å². The Morgan fingerprint density at radius 1 is 1.05 bits per heavy atom. The fourth-order valence-corrected chi connectivity index (χ4v) is 4.42. The van der Waals surface area contributed by atoms with Gasteiger partial charge in [0.05, 0.1) is 42.4 Å². The largest absolute Gasteiger partial charge is 0.456 e. The first-order chi connectivity index (χ1) is 18.0. The maximum Gasteiger partial charge on any atom is 0.295 e. The van der Waals surface area contributed by atoms with Crippen molar-refractivity contribution in [3.8, 4) is 34.0 Å². The molecule has 0 aliphatic carbocycles. The number of nitrogens with one attached hydrogen (secondary N) is 1. The standard InChI is InChI=1S/C26H21F2N5O4/c27-18-11-19-24(31-26(30-19)37-21-13-36-20(12-34)25(21)35)23(28)22(18)16-3-1-14(2-4-16)15-5-7-17(8-6-15)33-10-9-29-32-33/h1-11,20-21,25,34-35H,12-13H2,(H,30,31)/t20-,21-,25-/m1/s1. The second-order valence-electron chi connectivity index (χ2n) is 8.66. The van der Waals surface area contributed by atoms with Gasteiger partial charge in [0.2, 0.25) is 0 Å². The Kier molecular flexibility index (Phi) is 5.87. The number of nitrogens with zero attached hydrogens (tertiary/aromatic N) is 4. The minimum absolute atomic E-state index is 0.0288. The van der Waals surface area contributed by atoms with Gasteiger partial charge in [-0.15, -0.1) is 5.10 Å². The van der Waals surface area contributed by atoms with Gasteiger partial charge in [-0.1, -0.05) is 41.6 Å². The van der Waals surface area contributed by atoms with Crippen LogP contribution in [0.3, 0.4) is 0 Å². The molecule has 3 heterocycles. The van der Waals surface area contributed by atoms with Crippen LogP contribution in [0, 0.1) is 11.6 Å². The van der Waals surface area contributed by atoms with Crippen LogP contribution in [-0.2, 0) is 4.74 Å². The number of H-pyrrole nitrogens is 1. The van der Waals surface area contributed by atoms with E-state index in [0.29, 0.717) is 5.56 Å². The molecule has 3 atom stereocenters. The van der Waals surface area contributed by atoms with Gasteiger partial charge < -0.3 is 24.7 Å². The quantitative estimate of drug-likeness (QED) is 0.324. The first-order valence-electron chi connectivity index (χ1n) is 11.5. The van der Waals surface area contributed by atoms with Crippen molar-refractivity contribution in [2.45, 2.75) is 18.3 Å². The molecule has 3 aromatic carbocycles. The molecule has 0 amide bonds. The molecule has 0 bridgehead atoms. The highest BCUT2D eigenvalue weighted by atomic mass is 19.1. The van der Waals surface area contributed by atoms with Gasteiger partial charge in [0.1, 0.15) is 23.5 Å². The molecular weight excluding hydrogens is 484 g/mol. The zero-order valence-electron chi connectivity index (χ0n) is 19.3. The summed E-state index contributed by atoms with van der Waals surface area (Å²) in [7, 11) is 0. The average molecular weight is 505 g/mol. The van der Waals surface area contributed by atoms with Crippen molar-refractivity contribution in [2.24, 2.45) is 0 Å². The fraction of sp³-hybridized carbons (Fsp3) is 0.192. The summed E-state index contributed by atoms with van der Waals surface area (Å²) in [4.78, 5) is 6.85. The van der Waals surface area contributed by atoms with Gasteiger partial charge in [0, 0.05) is 6.07 Å². The van der Waals surface area contributed by atoms with Gasteiger partial charge in [-0.25, -0.2) is 13.5 Å². The number of rotatable bonds is 6. The SMILES string of the molecule is OC[C@H]1OC[C@@H](Oc2nc3c(F)c(-c4ccc(-c5ccc(-n6ccnn6)cc5)cc4)c(F)cc3[nH]2)[C@@H]1O. The topological polar surface area (TPSA) is 118 Å². The monoisotopic (exact) mass is 505 g/mol. The second-order valence-corrected chi connectivity index (χ2v) is 8.66. The molecule has 9 nitrogen and oxygen atoms in total. The Hall–Kier alpha value is -4.19. The van der Waals surface area contributed by atoms with Crippen LogP contribution in [-0.4, -0.2) is 66.7 Å². The number of aromatic amines is 1. The van der Waals surface area contributed by atoms with Crippen LogP contribution in [0.5, 0.6) is 6.01 Å². The van der Waals surface area contributed by atoms with Crippen molar-refractivity contribution in [3.05, 3.63) is 78.6 Å². The first-order valence-corrected chi connectivity index (χ1v) is 11.5. The van der Waals surface area contributed by atoms with Crippen LogP contribution in [0.4, 0.5) is 8.78 Å². The summed E-state index contributed by atoms with van der Waals surface area (Å²) >= 11 is 0. The van der Waals surface area contributed by atoms with Gasteiger partial charge in [-0.2, -0.15) is 4.98 Å². The lowest BCUT2D eigenvalue weighted by atomic mass is 9.99. The van der Waals surface area contributed by atoms with Gasteiger partial charge in [0.25, 0.3) is 6.01 Å². The maximum atomic E-state index is 15.4. The number of ether oxygens (including phenoxy) is 2. The van der Waals surface area contributed by atoms with Crippen molar-refractivity contribution >= 4 is 11.0 Å². The molecule has 37 heavy (non-hydrogen) atoms. The molecule has 1 aliphatic heterocycles. The molecule has 6 rings (SSSR count). The number of benzene rings is 3. The molecule has 1 fully saturated rings. The molecule has 0 unspecified atom stereocenters. The Bertz CT molecular complexity index is 1540. The predicted octanol–water partition coefficient (Wildman–Crippen LogP) is 3.26. The molecule has 5 aromatic rings. The van der Waals surface area contributed by atoms with E-state index < -0.39 is 29.9 Å². The van der Waals surface area contributed by atoms with Crippen LogP contribution in [0.15, 0.2) is 67.0 Å². The lowest BCUT2D eigenvalue weighted by molar-refractivity contribution is -0.00390. The summed E-state index contributed by atoms with van der Waals surface area (Å²) in [5.74, 6) is -1.59. The fourth-order valence-electron chi connectivity index (χ4n) is 4.42. The number of hydrogen-bond donors (Lipinski definition) is 3. The molecular formula is C26H21F2N5O4. The van der Waals surface area contributed by atoms with E-state index in [0.717, 1.165) is 22.9 Å². The number of aliphatic hydroxyl groups excluding tert-OH is 2. The van der Waals surface area contributed by atoms with Gasteiger partial charge in [-0.05, 0) is 28.8 Å². The first kappa shape index (κ1) is 23.2. The molecule has 1 saturated heterocycles. The zero-order chi connectivity index (χ0) is 25.5.